The van der Waals surface area contributed by atoms with Crippen LogP contribution in [0.25, 0.3) is 0 Å². The van der Waals surface area contributed by atoms with Crippen LogP contribution in [0.3, 0.4) is 0 Å². The van der Waals surface area contributed by atoms with E-state index in [1.165, 1.54) is 5.56 Å². The maximum atomic E-state index is 15.1. The molecule has 1 nitrogen and oxygen atoms in total. The minimum absolute atomic E-state index is 0.408. The van der Waals surface area contributed by atoms with Crippen LogP contribution in [-0.2, 0) is 24.3 Å². The van der Waals surface area contributed by atoms with Gasteiger partial charge in [-0.25, -0.2) is 8.78 Å². The summed E-state index contributed by atoms with van der Waals surface area (Å²) in [6.07, 6.45) is 5.05. The quantitative estimate of drug-likeness (QED) is 0.424. The van der Waals surface area contributed by atoms with Crippen molar-refractivity contribution in [1.29, 1.82) is 0 Å². The molecule has 4 rings (SSSR count). The zero-order valence-corrected chi connectivity index (χ0v) is 17.8. The van der Waals surface area contributed by atoms with E-state index in [0.29, 0.717) is 31.7 Å². The van der Waals surface area contributed by atoms with Crippen LogP contribution in [0.4, 0.5) is 8.78 Å². The summed E-state index contributed by atoms with van der Waals surface area (Å²) in [4.78, 5) is 2.50. The van der Waals surface area contributed by atoms with Crippen LogP contribution in [-0.4, -0.2) is 17.5 Å². The molecular weight excluding hydrogens is 364 g/mol. The summed E-state index contributed by atoms with van der Waals surface area (Å²) in [5.74, 6) is 0. The normalized spacial score (nSPS) is 19.9. The number of alkyl halides is 2. The maximum absolute atomic E-state index is 15.1. The van der Waals surface area contributed by atoms with Gasteiger partial charge in [-0.2, -0.15) is 0 Å². The van der Waals surface area contributed by atoms with Gasteiger partial charge in [0.1, 0.15) is 11.3 Å². The van der Waals surface area contributed by atoms with Crippen LogP contribution in [0.2, 0.25) is 0 Å². The minimum Gasteiger partial charge on any atom is -0.296 e. The van der Waals surface area contributed by atoms with Gasteiger partial charge in [-0.3, -0.25) is 4.90 Å². The highest BCUT2D eigenvalue weighted by molar-refractivity contribution is 5.46. The Bertz CT molecular complexity index is 788. The standard InChI is InChI=1S/C26H33F2N/c1-3-21(29(4-2)19-20-9-6-5-7-10-20)13-14-22-23(25(27)15-16-25)11-8-12-24(22)26(28)17-18-26/h5-12,21H,3-4,13-19H2,1-2H3. The van der Waals surface area contributed by atoms with Crippen molar-refractivity contribution in [2.24, 2.45) is 0 Å². The number of nitrogens with zero attached hydrogens (tertiary/aromatic N) is 1. The predicted octanol–water partition coefficient (Wildman–Crippen LogP) is 6.84. The van der Waals surface area contributed by atoms with Gasteiger partial charge in [0.05, 0.1) is 0 Å². The first-order valence-corrected chi connectivity index (χ1v) is 11.3. The number of halogens is 2. The Hall–Kier alpha value is -1.74. The molecule has 0 N–H and O–H groups in total. The van der Waals surface area contributed by atoms with E-state index in [9.17, 15) is 0 Å². The van der Waals surface area contributed by atoms with Gasteiger partial charge in [0.2, 0.25) is 0 Å². The maximum Gasteiger partial charge on any atom is 0.136 e. The monoisotopic (exact) mass is 397 g/mol. The number of hydrogen-bond donors (Lipinski definition) is 0. The molecule has 2 fully saturated rings. The Morgan fingerprint density at radius 1 is 0.862 bits per heavy atom. The van der Waals surface area contributed by atoms with Crippen LogP contribution in [0.5, 0.6) is 0 Å². The molecule has 0 aromatic heterocycles. The Morgan fingerprint density at radius 3 is 1.93 bits per heavy atom. The van der Waals surface area contributed by atoms with Crippen LogP contribution in [0.15, 0.2) is 48.5 Å². The summed E-state index contributed by atoms with van der Waals surface area (Å²) in [5.41, 5.74) is 1.37. The van der Waals surface area contributed by atoms with Gasteiger partial charge in [0.15, 0.2) is 0 Å². The molecule has 0 aliphatic heterocycles. The lowest BCUT2D eigenvalue weighted by Crippen LogP contribution is -2.35. The first-order chi connectivity index (χ1) is 14.0. The van der Waals surface area contributed by atoms with Gasteiger partial charge in [-0.1, -0.05) is 62.4 Å². The summed E-state index contributed by atoms with van der Waals surface area (Å²) in [7, 11) is 0. The lowest BCUT2D eigenvalue weighted by Gasteiger charge is -2.31. The van der Waals surface area contributed by atoms with Gasteiger partial charge in [-0.05, 0) is 73.7 Å². The highest BCUT2D eigenvalue weighted by Gasteiger charge is 2.50. The van der Waals surface area contributed by atoms with Crippen molar-refractivity contribution in [2.45, 2.75) is 82.7 Å². The summed E-state index contributed by atoms with van der Waals surface area (Å²) in [6.45, 7) is 6.32. The molecule has 2 aromatic rings. The second-order valence-electron chi connectivity index (χ2n) is 8.91. The fourth-order valence-corrected chi connectivity index (χ4v) is 4.73. The van der Waals surface area contributed by atoms with Crippen molar-refractivity contribution in [3.8, 4) is 0 Å². The third kappa shape index (κ3) is 4.40. The molecule has 1 atom stereocenters. The van der Waals surface area contributed by atoms with Crippen molar-refractivity contribution in [3.05, 3.63) is 70.8 Å². The van der Waals surface area contributed by atoms with Crippen molar-refractivity contribution < 1.29 is 8.78 Å². The molecule has 0 heterocycles. The molecule has 2 saturated carbocycles. The first kappa shape index (κ1) is 20.5. The number of benzene rings is 2. The molecule has 0 bridgehead atoms. The van der Waals surface area contributed by atoms with E-state index in [0.717, 1.165) is 49.0 Å². The van der Waals surface area contributed by atoms with Gasteiger partial charge in [0, 0.05) is 12.6 Å². The SMILES string of the molecule is CCC(CCc1c(C2(F)CC2)cccc1C1(F)CC1)N(CC)Cc1ccccc1. The summed E-state index contributed by atoms with van der Waals surface area (Å²) in [5, 5.41) is 0. The topological polar surface area (TPSA) is 3.24 Å². The third-order valence-electron chi connectivity index (χ3n) is 6.87. The Kier molecular flexibility index (Phi) is 5.79. The Morgan fingerprint density at radius 2 is 1.45 bits per heavy atom. The van der Waals surface area contributed by atoms with E-state index in [2.05, 4.69) is 43.0 Å². The van der Waals surface area contributed by atoms with Crippen LogP contribution in [0.1, 0.15) is 74.6 Å². The molecule has 0 amide bonds. The molecule has 1 unspecified atom stereocenters. The number of rotatable bonds is 10. The molecule has 2 aliphatic rings. The minimum atomic E-state index is -1.22. The molecule has 0 saturated heterocycles. The Balaban J connectivity index is 1.54. The fraction of sp³-hybridized carbons (Fsp3) is 0.538. The summed E-state index contributed by atoms with van der Waals surface area (Å²) >= 11 is 0. The average Bonchev–Trinajstić information content (AvgIpc) is 3.67. The smallest absolute Gasteiger partial charge is 0.136 e. The van der Waals surface area contributed by atoms with Crippen molar-refractivity contribution in [3.63, 3.8) is 0 Å². The van der Waals surface area contributed by atoms with E-state index in [1.807, 2.05) is 24.3 Å². The Labute approximate surface area is 174 Å². The lowest BCUT2D eigenvalue weighted by atomic mass is 9.88. The van der Waals surface area contributed by atoms with Crippen LogP contribution < -0.4 is 0 Å². The molecule has 29 heavy (non-hydrogen) atoms. The zero-order valence-electron chi connectivity index (χ0n) is 17.8. The third-order valence-corrected chi connectivity index (χ3v) is 6.87. The largest absolute Gasteiger partial charge is 0.296 e. The second-order valence-corrected chi connectivity index (χ2v) is 8.91. The van der Waals surface area contributed by atoms with Crippen molar-refractivity contribution >= 4 is 0 Å². The van der Waals surface area contributed by atoms with Crippen LogP contribution >= 0.6 is 0 Å². The highest BCUT2D eigenvalue weighted by Crippen LogP contribution is 2.56. The second kappa shape index (κ2) is 8.18. The average molecular weight is 398 g/mol. The van der Waals surface area contributed by atoms with E-state index in [4.69, 9.17) is 0 Å². The fourth-order valence-electron chi connectivity index (χ4n) is 4.73. The van der Waals surface area contributed by atoms with Gasteiger partial charge in [-0.15, -0.1) is 0 Å². The predicted molar refractivity (Wildman–Crippen MR) is 115 cm³/mol. The molecular formula is C26H33F2N. The van der Waals surface area contributed by atoms with E-state index >= 15 is 8.78 Å². The zero-order chi connectivity index (χ0) is 20.5. The summed E-state index contributed by atoms with van der Waals surface area (Å²) < 4.78 is 30.1. The van der Waals surface area contributed by atoms with Crippen molar-refractivity contribution in [1.82, 2.24) is 4.90 Å². The number of hydrogen-bond acceptors (Lipinski definition) is 1. The molecule has 2 aliphatic carbocycles. The molecule has 3 heteroatoms. The summed E-state index contributed by atoms with van der Waals surface area (Å²) in [6, 6.07) is 16.6. The van der Waals surface area contributed by atoms with Gasteiger partial charge >= 0.3 is 0 Å². The highest BCUT2D eigenvalue weighted by atomic mass is 19.1. The molecule has 2 aromatic carbocycles. The van der Waals surface area contributed by atoms with E-state index in [-0.39, 0.29) is 0 Å². The van der Waals surface area contributed by atoms with Gasteiger partial charge in [0.25, 0.3) is 0 Å². The lowest BCUT2D eigenvalue weighted by molar-refractivity contribution is 0.181. The van der Waals surface area contributed by atoms with Gasteiger partial charge < -0.3 is 0 Å². The van der Waals surface area contributed by atoms with E-state index in [1.54, 1.807) is 0 Å². The molecule has 156 valence electrons. The first-order valence-electron chi connectivity index (χ1n) is 11.3. The molecule has 0 spiro atoms. The van der Waals surface area contributed by atoms with E-state index < -0.39 is 11.3 Å². The van der Waals surface area contributed by atoms with Crippen LogP contribution in [0, 0.1) is 0 Å². The molecule has 0 radical (unpaired) electrons. The van der Waals surface area contributed by atoms with Crippen molar-refractivity contribution in [2.75, 3.05) is 6.54 Å².